The van der Waals surface area contributed by atoms with E-state index in [4.69, 9.17) is 10.5 Å². The molecule has 0 aliphatic carbocycles. The Morgan fingerprint density at radius 1 is 1.32 bits per heavy atom. The summed E-state index contributed by atoms with van der Waals surface area (Å²) in [6, 6.07) is 8.81. The quantitative estimate of drug-likeness (QED) is 0.754. The SMILES string of the molecule is CSCC(C)N(C)CCOc1ccc(CCN)cc1. The van der Waals surface area contributed by atoms with Crippen molar-refractivity contribution in [2.45, 2.75) is 19.4 Å². The lowest BCUT2D eigenvalue weighted by atomic mass is 10.1. The zero-order chi connectivity index (χ0) is 14.1. The fourth-order valence-electron chi connectivity index (χ4n) is 1.82. The fourth-order valence-corrected chi connectivity index (χ4v) is 2.55. The molecule has 19 heavy (non-hydrogen) atoms. The van der Waals surface area contributed by atoms with Gasteiger partial charge >= 0.3 is 0 Å². The second-order valence-corrected chi connectivity index (χ2v) is 5.73. The first-order chi connectivity index (χ1) is 9.17. The van der Waals surface area contributed by atoms with Gasteiger partial charge in [0.05, 0.1) is 0 Å². The highest BCUT2D eigenvalue weighted by Gasteiger charge is 2.07. The van der Waals surface area contributed by atoms with Crippen molar-refractivity contribution in [2.24, 2.45) is 5.73 Å². The van der Waals surface area contributed by atoms with Gasteiger partial charge in [0.2, 0.25) is 0 Å². The molecule has 1 aromatic rings. The van der Waals surface area contributed by atoms with Crippen LogP contribution in [0.3, 0.4) is 0 Å². The Hall–Kier alpha value is -0.710. The molecule has 1 rings (SSSR count). The molecule has 3 nitrogen and oxygen atoms in total. The zero-order valence-corrected chi connectivity index (χ0v) is 13.1. The molecule has 0 aliphatic rings. The molecule has 0 saturated carbocycles. The van der Waals surface area contributed by atoms with Gasteiger partial charge in [-0.2, -0.15) is 11.8 Å². The molecule has 0 bridgehead atoms. The van der Waals surface area contributed by atoms with Crippen LogP contribution in [-0.4, -0.2) is 49.7 Å². The van der Waals surface area contributed by atoms with E-state index in [1.54, 1.807) is 0 Å². The van der Waals surface area contributed by atoms with Gasteiger partial charge in [-0.25, -0.2) is 0 Å². The number of nitrogens with two attached hydrogens (primary N) is 1. The third kappa shape index (κ3) is 6.32. The largest absolute Gasteiger partial charge is 0.492 e. The van der Waals surface area contributed by atoms with Crippen LogP contribution in [0.1, 0.15) is 12.5 Å². The minimum absolute atomic E-state index is 0.588. The Bertz CT molecular complexity index is 343. The van der Waals surface area contributed by atoms with Crippen LogP contribution in [0.4, 0.5) is 0 Å². The van der Waals surface area contributed by atoms with E-state index in [1.807, 2.05) is 23.9 Å². The lowest BCUT2D eigenvalue weighted by Gasteiger charge is -2.23. The van der Waals surface area contributed by atoms with E-state index < -0.39 is 0 Å². The van der Waals surface area contributed by atoms with Gasteiger partial charge < -0.3 is 10.5 Å². The van der Waals surface area contributed by atoms with E-state index in [0.717, 1.165) is 31.1 Å². The van der Waals surface area contributed by atoms with E-state index in [0.29, 0.717) is 12.6 Å². The molecule has 1 aromatic carbocycles. The van der Waals surface area contributed by atoms with Crippen molar-refractivity contribution in [3.63, 3.8) is 0 Å². The molecular weight excluding hydrogens is 256 g/mol. The molecule has 4 heteroatoms. The van der Waals surface area contributed by atoms with Crippen LogP contribution >= 0.6 is 11.8 Å². The minimum Gasteiger partial charge on any atom is -0.492 e. The van der Waals surface area contributed by atoms with E-state index >= 15 is 0 Å². The maximum absolute atomic E-state index is 5.76. The Kier molecular flexibility index (Phi) is 7.94. The number of nitrogens with zero attached hydrogens (tertiary/aromatic N) is 1. The maximum Gasteiger partial charge on any atom is 0.119 e. The van der Waals surface area contributed by atoms with Gasteiger partial charge in [0.15, 0.2) is 0 Å². The Labute approximate surface area is 121 Å². The van der Waals surface area contributed by atoms with Crippen LogP contribution in [0.15, 0.2) is 24.3 Å². The number of ether oxygens (including phenoxy) is 1. The molecule has 1 unspecified atom stereocenters. The molecule has 0 aliphatic heterocycles. The van der Waals surface area contributed by atoms with Gasteiger partial charge in [0.1, 0.15) is 12.4 Å². The zero-order valence-electron chi connectivity index (χ0n) is 12.3. The molecule has 0 saturated heterocycles. The number of hydrogen-bond acceptors (Lipinski definition) is 4. The standard InChI is InChI=1S/C15H26N2OS/c1-13(12-19-3)17(2)10-11-18-15-6-4-14(5-7-15)8-9-16/h4-7,13H,8-12,16H2,1-3H3. The average molecular weight is 282 g/mol. The minimum atomic E-state index is 0.588. The number of likely N-dealkylation sites (N-methyl/N-ethyl adjacent to an activating group) is 1. The summed E-state index contributed by atoms with van der Waals surface area (Å²) in [4.78, 5) is 2.33. The predicted octanol–water partition coefficient (Wildman–Crippen LogP) is 2.25. The molecule has 0 spiro atoms. The van der Waals surface area contributed by atoms with E-state index in [1.165, 1.54) is 5.56 Å². The van der Waals surface area contributed by atoms with Crippen LogP contribution < -0.4 is 10.5 Å². The van der Waals surface area contributed by atoms with Gasteiger partial charge in [-0.15, -0.1) is 0 Å². The molecule has 0 heterocycles. The summed E-state index contributed by atoms with van der Waals surface area (Å²) < 4.78 is 5.76. The summed E-state index contributed by atoms with van der Waals surface area (Å²) in [6.07, 6.45) is 3.07. The lowest BCUT2D eigenvalue weighted by Crippen LogP contribution is -2.34. The van der Waals surface area contributed by atoms with Crippen LogP contribution in [0.5, 0.6) is 5.75 Å². The normalized spacial score (nSPS) is 12.7. The summed E-state index contributed by atoms with van der Waals surface area (Å²) in [5.41, 5.74) is 6.79. The lowest BCUT2D eigenvalue weighted by molar-refractivity contribution is 0.210. The van der Waals surface area contributed by atoms with Gasteiger partial charge in [0, 0.05) is 18.3 Å². The fraction of sp³-hybridized carbons (Fsp3) is 0.600. The van der Waals surface area contributed by atoms with Crippen molar-refractivity contribution < 1.29 is 4.74 Å². The van der Waals surface area contributed by atoms with Crippen molar-refractivity contribution in [3.8, 4) is 5.75 Å². The molecule has 108 valence electrons. The molecule has 2 N–H and O–H groups in total. The van der Waals surface area contributed by atoms with Crippen molar-refractivity contribution in [3.05, 3.63) is 29.8 Å². The summed E-state index contributed by atoms with van der Waals surface area (Å²) in [5.74, 6) is 2.09. The van der Waals surface area contributed by atoms with Crippen molar-refractivity contribution in [1.29, 1.82) is 0 Å². The van der Waals surface area contributed by atoms with Crippen LogP contribution in [0.25, 0.3) is 0 Å². The molecule has 0 amide bonds. The number of rotatable bonds is 9. The van der Waals surface area contributed by atoms with Crippen LogP contribution in [-0.2, 0) is 6.42 Å². The Morgan fingerprint density at radius 3 is 2.58 bits per heavy atom. The second-order valence-electron chi connectivity index (χ2n) is 4.82. The highest BCUT2D eigenvalue weighted by molar-refractivity contribution is 7.98. The Balaban J connectivity index is 2.28. The van der Waals surface area contributed by atoms with E-state index in [2.05, 4.69) is 37.3 Å². The summed E-state index contributed by atoms with van der Waals surface area (Å²) in [6.45, 7) is 4.62. The van der Waals surface area contributed by atoms with Crippen LogP contribution in [0, 0.1) is 0 Å². The number of thioether (sulfide) groups is 1. The second kappa shape index (κ2) is 9.23. The van der Waals surface area contributed by atoms with Crippen molar-refractivity contribution in [1.82, 2.24) is 4.90 Å². The number of benzene rings is 1. The van der Waals surface area contributed by atoms with Crippen molar-refractivity contribution in [2.75, 3.05) is 38.8 Å². The molecule has 1 atom stereocenters. The van der Waals surface area contributed by atoms with Gasteiger partial charge in [-0.05, 0) is 50.9 Å². The van der Waals surface area contributed by atoms with E-state index in [9.17, 15) is 0 Å². The summed E-state index contributed by atoms with van der Waals surface area (Å²) >= 11 is 1.88. The topological polar surface area (TPSA) is 38.5 Å². The highest BCUT2D eigenvalue weighted by atomic mass is 32.2. The molecule has 0 aromatic heterocycles. The van der Waals surface area contributed by atoms with Gasteiger partial charge in [-0.3, -0.25) is 4.90 Å². The monoisotopic (exact) mass is 282 g/mol. The maximum atomic E-state index is 5.76. The smallest absolute Gasteiger partial charge is 0.119 e. The first kappa shape index (κ1) is 16.3. The number of hydrogen-bond donors (Lipinski definition) is 1. The third-order valence-electron chi connectivity index (χ3n) is 3.23. The highest BCUT2D eigenvalue weighted by Crippen LogP contribution is 2.12. The predicted molar refractivity (Wildman–Crippen MR) is 85.2 cm³/mol. The molecular formula is C15H26N2OS. The Morgan fingerprint density at radius 2 is 2.00 bits per heavy atom. The average Bonchev–Trinajstić information content (AvgIpc) is 2.41. The van der Waals surface area contributed by atoms with E-state index in [-0.39, 0.29) is 0 Å². The van der Waals surface area contributed by atoms with Crippen LogP contribution in [0.2, 0.25) is 0 Å². The first-order valence-corrected chi connectivity index (χ1v) is 8.17. The third-order valence-corrected chi connectivity index (χ3v) is 4.05. The van der Waals surface area contributed by atoms with Gasteiger partial charge in [0.25, 0.3) is 0 Å². The molecule has 0 fully saturated rings. The molecule has 0 radical (unpaired) electrons. The first-order valence-electron chi connectivity index (χ1n) is 6.78. The summed E-state index contributed by atoms with van der Waals surface area (Å²) in [5, 5.41) is 0. The van der Waals surface area contributed by atoms with Crippen molar-refractivity contribution >= 4 is 11.8 Å². The van der Waals surface area contributed by atoms with Gasteiger partial charge in [-0.1, -0.05) is 12.1 Å². The summed E-state index contributed by atoms with van der Waals surface area (Å²) in [7, 11) is 2.15.